The predicted octanol–water partition coefficient (Wildman–Crippen LogP) is 1.16. The molecule has 1 aromatic rings. The molecule has 1 aliphatic rings. The molecule has 1 amide bonds. The van der Waals surface area contributed by atoms with E-state index in [1.54, 1.807) is 29.2 Å². The number of piperidine rings is 1. The molecule has 0 aromatic heterocycles. The molecule has 1 aromatic carbocycles. The summed E-state index contributed by atoms with van der Waals surface area (Å²) in [5.74, 6) is -0.0757. The van der Waals surface area contributed by atoms with Crippen LogP contribution in [0.15, 0.2) is 24.3 Å². The van der Waals surface area contributed by atoms with Gasteiger partial charge in [-0.25, -0.2) is 0 Å². The molecule has 0 bridgehead atoms. The number of hydrogen-bond donors (Lipinski definition) is 1. The number of nitriles is 1. The smallest absolute Gasteiger partial charge is 0.253 e. The molecule has 1 atom stereocenters. The van der Waals surface area contributed by atoms with Gasteiger partial charge in [0, 0.05) is 18.7 Å². The lowest BCUT2D eigenvalue weighted by atomic mass is 10.1. The maximum Gasteiger partial charge on any atom is 0.253 e. The van der Waals surface area contributed by atoms with Crippen LogP contribution in [0, 0.1) is 11.3 Å². The molecule has 1 unspecified atom stereocenters. The first-order valence-electron chi connectivity index (χ1n) is 5.68. The Morgan fingerprint density at radius 1 is 1.41 bits per heavy atom. The van der Waals surface area contributed by atoms with Crippen LogP contribution in [0.4, 0.5) is 0 Å². The normalized spacial score (nSPS) is 19.8. The molecule has 0 spiro atoms. The van der Waals surface area contributed by atoms with E-state index < -0.39 is 6.10 Å². The van der Waals surface area contributed by atoms with Gasteiger partial charge >= 0.3 is 0 Å². The van der Waals surface area contributed by atoms with Crippen LogP contribution >= 0.6 is 0 Å². The molecule has 4 nitrogen and oxygen atoms in total. The zero-order valence-electron chi connectivity index (χ0n) is 9.47. The number of aliphatic hydroxyl groups is 1. The number of carbonyl (C=O) groups is 1. The summed E-state index contributed by atoms with van der Waals surface area (Å²) in [5.41, 5.74) is 1.11. The molecule has 2 rings (SSSR count). The highest BCUT2D eigenvalue weighted by molar-refractivity contribution is 5.94. The predicted molar refractivity (Wildman–Crippen MR) is 62.3 cm³/mol. The highest BCUT2D eigenvalue weighted by Gasteiger charge is 2.22. The number of amides is 1. The molecule has 1 fully saturated rings. The number of hydrogen-bond acceptors (Lipinski definition) is 3. The SMILES string of the molecule is N#Cc1ccc(C(=O)N2CCCC(O)C2)cc1. The first kappa shape index (κ1) is 11.6. The van der Waals surface area contributed by atoms with Crippen LogP contribution in [0.25, 0.3) is 0 Å². The van der Waals surface area contributed by atoms with Crippen LogP contribution in [0.1, 0.15) is 28.8 Å². The van der Waals surface area contributed by atoms with Gasteiger partial charge < -0.3 is 10.0 Å². The Morgan fingerprint density at radius 2 is 2.12 bits per heavy atom. The monoisotopic (exact) mass is 230 g/mol. The molecule has 4 heteroatoms. The summed E-state index contributed by atoms with van der Waals surface area (Å²) in [5, 5.41) is 18.2. The van der Waals surface area contributed by atoms with E-state index in [1.807, 2.05) is 6.07 Å². The van der Waals surface area contributed by atoms with E-state index in [0.29, 0.717) is 24.2 Å². The van der Waals surface area contributed by atoms with Gasteiger partial charge in [0.2, 0.25) is 0 Å². The highest BCUT2D eigenvalue weighted by Crippen LogP contribution is 2.14. The van der Waals surface area contributed by atoms with Crippen LogP contribution in [-0.2, 0) is 0 Å². The molecule has 88 valence electrons. The summed E-state index contributed by atoms with van der Waals surface area (Å²) in [7, 11) is 0. The molecule has 0 radical (unpaired) electrons. The fourth-order valence-corrected chi connectivity index (χ4v) is 2.01. The van der Waals surface area contributed by atoms with Crippen molar-refractivity contribution in [3.63, 3.8) is 0 Å². The van der Waals surface area contributed by atoms with Gasteiger partial charge in [-0.3, -0.25) is 4.79 Å². The zero-order valence-corrected chi connectivity index (χ0v) is 9.47. The number of rotatable bonds is 1. The molecule has 1 N–H and O–H groups in total. The Balaban J connectivity index is 2.11. The minimum atomic E-state index is -0.411. The number of carbonyl (C=O) groups excluding carboxylic acids is 1. The van der Waals surface area contributed by atoms with E-state index in [4.69, 9.17) is 5.26 Å². The molecule has 0 saturated carbocycles. The Kier molecular flexibility index (Phi) is 3.40. The lowest BCUT2D eigenvalue weighted by Crippen LogP contribution is -2.42. The first-order chi connectivity index (χ1) is 8.20. The molecule has 0 aliphatic carbocycles. The fourth-order valence-electron chi connectivity index (χ4n) is 2.01. The quantitative estimate of drug-likeness (QED) is 0.787. The van der Waals surface area contributed by atoms with E-state index in [1.165, 1.54) is 0 Å². The standard InChI is InChI=1S/C13H14N2O2/c14-8-10-3-5-11(6-4-10)13(17)15-7-1-2-12(16)9-15/h3-6,12,16H,1-2,7,9H2. The van der Waals surface area contributed by atoms with E-state index in [0.717, 1.165) is 12.8 Å². The van der Waals surface area contributed by atoms with Crippen LogP contribution in [0.5, 0.6) is 0 Å². The Hall–Kier alpha value is -1.86. The third-order valence-corrected chi connectivity index (χ3v) is 2.94. The minimum absolute atomic E-state index is 0.0757. The maximum absolute atomic E-state index is 12.1. The topological polar surface area (TPSA) is 64.3 Å². The first-order valence-corrected chi connectivity index (χ1v) is 5.68. The van der Waals surface area contributed by atoms with Gasteiger partial charge in [0.05, 0.1) is 17.7 Å². The van der Waals surface area contributed by atoms with Gasteiger partial charge in [-0.1, -0.05) is 0 Å². The third kappa shape index (κ3) is 2.63. The maximum atomic E-state index is 12.1. The van der Waals surface area contributed by atoms with E-state index in [-0.39, 0.29) is 5.91 Å². The van der Waals surface area contributed by atoms with Gasteiger partial charge in [0.1, 0.15) is 0 Å². The summed E-state index contributed by atoms with van der Waals surface area (Å²) >= 11 is 0. The van der Waals surface area contributed by atoms with Crippen molar-refractivity contribution in [3.05, 3.63) is 35.4 Å². The van der Waals surface area contributed by atoms with Gasteiger partial charge in [-0.05, 0) is 37.1 Å². The van der Waals surface area contributed by atoms with Gasteiger partial charge in [0.25, 0.3) is 5.91 Å². The van der Waals surface area contributed by atoms with E-state index in [2.05, 4.69) is 0 Å². The summed E-state index contributed by atoms with van der Waals surface area (Å²) in [6.45, 7) is 1.09. The van der Waals surface area contributed by atoms with Crippen molar-refractivity contribution in [2.75, 3.05) is 13.1 Å². The van der Waals surface area contributed by atoms with Crippen molar-refractivity contribution < 1.29 is 9.90 Å². The lowest BCUT2D eigenvalue weighted by Gasteiger charge is -2.30. The molecule has 17 heavy (non-hydrogen) atoms. The minimum Gasteiger partial charge on any atom is -0.391 e. The Morgan fingerprint density at radius 3 is 2.71 bits per heavy atom. The highest BCUT2D eigenvalue weighted by atomic mass is 16.3. The van der Waals surface area contributed by atoms with E-state index in [9.17, 15) is 9.90 Å². The summed E-state index contributed by atoms with van der Waals surface area (Å²) in [6, 6.07) is 8.59. The van der Waals surface area contributed by atoms with Crippen molar-refractivity contribution >= 4 is 5.91 Å². The molecular formula is C13H14N2O2. The summed E-state index contributed by atoms with van der Waals surface area (Å²) < 4.78 is 0. The lowest BCUT2D eigenvalue weighted by molar-refractivity contribution is 0.0474. The average molecular weight is 230 g/mol. The second-order valence-corrected chi connectivity index (χ2v) is 4.24. The number of benzene rings is 1. The fraction of sp³-hybridized carbons (Fsp3) is 0.385. The Bertz CT molecular complexity index is 447. The molecule has 1 aliphatic heterocycles. The Labute approximate surface area is 100 Å². The second kappa shape index (κ2) is 4.98. The largest absolute Gasteiger partial charge is 0.391 e. The van der Waals surface area contributed by atoms with Crippen LogP contribution in [-0.4, -0.2) is 35.1 Å². The van der Waals surface area contributed by atoms with Crippen molar-refractivity contribution in [3.8, 4) is 6.07 Å². The van der Waals surface area contributed by atoms with Gasteiger partial charge in [-0.15, -0.1) is 0 Å². The van der Waals surface area contributed by atoms with Crippen molar-refractivity contribution in [1.29, 1.82) is 5.26 Å². The van der Waals surface area contributed by atoms with Crippen LogP contribution in [0.3, 0.4) is 0 Å². The van der Waals surface area contributed by atoms with Crippen molar-refractivity contribution in [2.24, 2.45) is 0 Å². The van der Waals surface area contributed by atoms with Crippen molar-refractivity contribution in [1.82, 2.24) is 4.90 Å². The molecule has 1 heterocycles. The third-order valence-electron chi connectivity index (χ3n) is 2.94. The number of nitrogens with zero attached hydrogens (tertiary/aromatic N) is 2. The number of β-amino-alcohol motifs (C(OH)–C–C–N with tert-alkyl or cyclic N) is 1. The van der Waals surface area contributed by atoms with Crippen LogP contribution < -0.4 is 0 Å². The van der Waals surface area contributed by atoms with Crippen molar-refractivity contribution in [2.45, 2.75) is 18.9 Å². The summed E-state index contributed by atoms with van der Waals surface area (Å²) in [4.78, 5) is 13.7. The zero-order chi connectivity index (χ0) is 12.3. The molecule has 1 saturated heterocycles. The van der Waals surface area contributed by atoms with Crippen LogP contribution in [0.2, 0.25) is 0 Å². The molecular weight excluding hydrogens is 216 g/mol. The van der Waals surface area contributed by atoms with E-state index >= 15 is 0 Å². The van der Waals surface area contributed by atoms with Gasteiger partial charge in [0.15, 0.2) is 0 Å². The number of likely N-dealkylation sites (tertiary alicyclic amines) is 1. The average Bonchev–Trinajstić information content (AvgIpc) is 2.38. The summed E-state index contributed by atoms with van der Waals surface area (Å²) in [6.07, 6.45) is 1.19. The number of aliphatic hydroxyl groups excluding tert-OH is 1. The second-order valence-electron chi connectivity index (χ2n) is 4.24. The van der Waals surface area contributed by atoms with Gasteiger partial charge in [-0.2, -0.15) is 5.26 Å².